The quantitative estimate of drug-likeness (QED) is 0.856. The summed E-state index contributed by atoms with van der Waals surface area (Å²) in [4.78, 5) is 18.0. The maximum Gasteiger partial charge on any atom is 0.233 e. The van der Waals surface area contributed by atoms with Crippen molar-refractivity contribution in [2.75, 3.05) is 31.9 Å². The number of carbonyl (C=O) groups excluding carboxylic acids is 1. The number of rotatable bonds is 3. The zero-order valence-corrected chi connectivity index (χ0v) is 11.8. The van der Waals surface area contributed by atoms with E-state index in [2.05, 4.69) is 26.2 Å². The zero-order valence-electron chi connectivity index (χ0n) is 9.36. The van der Waals surface area contributed by atoms with Gasteiger partial charge in [-0.3, -0.25) is 4.79 Å². The largest absolute Gasteiger partial charge is 0.339 e. The summed E-state index contributed by atoms with van der Waals surface area (Å²) in [5.74, 6) is 0.643. The topological polar surface area (TPSA) is 45.2 Å². The van der Waals surface area contributed by atoms with E-state index >= 15 is 0 Å². The molecule has 1 N–H and O–H groups in total. The van der Waals surface area contributed by atoms with Crippen LogP contribution >= 0.6 is 27.7 Å². The molecule has 2 heterocycles. The molecule has 1 aliphatic rings. The number of amides is 1. The SMILES string of the molecule is O=C(CSc1ncccc1Br)N1CCNCC1. The molecule has 0 bridgehead atoms. The van der Waals surface area contributed by atoms with Gasteiger partial charge >= 0.3 is 0 Å². The number of nitrogens with zero attached hydrogens (tertiary/aromatic N) is 2. The van der Waals surface area contributed by atoms with Crippen LogP contribution < -0.4 is 5.32 Å². The van der Waals surface area contributed by atoms with E-state index in [0.29, 0.717) is 5.75 Å². The third-order valence-corrected chi connectivity index (χ3v) is 4.42. The molecule has 0 radical (unpaired) electrons. The smallest absolute Gasteiger partial charge is 0.233 e. The van der Waals surface area contributed by atoms with Crippen LogP contribution in [0, 0.1) is 0 Å². The molecule has 1 amide bonds. The Morgan fingerprint density at radius 1 is 1.53 bits per heavy atom. The molecule has 1 saturated heterocycles. The van der Waals surface area contributed by atoms with E-state index in [4.69, 9.17) is 0 Å². The number of nitrogens with one attached hydrogen (secondary N) is 1. The lowest BCUT2D eigenvalue weighted by Crippen LogP contribution is -2.47. The Morgan fingerprint density at radius 2 is 2.29 bits per heavy atom. The molecule has 0 spiro atoms. The van der Waals surface area contributed by atoms with E-state index in [1.54, 1.807) is 6.20 Å². The highest BCUT2D eigenvalue weighted by Crippen LogP contribution is 2.24. The standard InChI is InChI=1S/C11H14BrN3OS/c12-9-2-1-3-14-11(9)17-8-10(16)15-6-4-13-5-7-15/h1-3,13H,4-8H2. The van der Waals surface area contributed by atoms with E-state index in [-0.39, 0.29) is 5.91 Å². The average Bonchev–Trinajstić information content (AvgIpc) is 2.38. The number of piperazine rings is 1. The lowest BCUT2D eigenvalue weighted by molar-refractivity contribution is -0.128. The fourth-order valence-corrected chi connectivity index (χ4v) is 3.00. The van der Waals surface area contributed by atoms with Crippen molar-refractivity contribution in [3.63, 3.8) is 0 Å². The molecule has 6 heteroatoms. The van der Waals surface area contributed by atoms with Crippen LogP contribution in [0.3, 0.4) is 0 Å². The minimum absolute atomic E-state index is 0.189. The van der Waals surface area contributed by atoms with Crippen molar-refractivity contribution in [1.82, 2.24) is 15.2 Å². The molecule has 17 heavy (non-hydrogen) atoms. The van der Waals surface area contributed by atoms with Crippen molar-refractivity contribution in [3.8, 4) is 0 Å². The van der Waals surface area contributed by atoms with Gasteiger partial charge in [0.05, 0.1) is 5.75 Å². The molecule has 0 aromatic carbocycles. The lowest BCUT2D eigenvalue weighted by atomic mass is 10.3. The van der Waals surface area contributed by atoms with E-state index < -0.39 is 0 Å². The summed E-state index contributed by atoms with van der Waals surface area (Å²) in [7, 11) is 0. The number of carbonyl (C=O) groups is 1. The average molecular weight is 316 g/mol. The fraction of sp³-hybridized carbons (Fsp3) is 0.455. The maximum atomic E-state index is 11.9. The van der Waals surface area contributed by atoms with Gasteiger partial charge in [-0.25, -0.2) is 4.98 Å². The summed E-state index contributed by atoms with van der Waals surface area (Å²) in [6.07, 6.45) is 1.74. The summed E-state index contributed by atoms with van der Waals surface area (Å²) in [6.45, 7) is 3.40. The highest BCUT2D eigenvalue weighted by atomic mass is 79.9. The molecule has 0 atom stereocenters. The van der Waals surface area contributed by atoms with Crippen LogP contribution in [0.1, 0.15) is 0 Å². The summed E-state index contributed by atoms with van der Waals surface area (Å²) >= 11 is 4.90. The first-order valence-electron chi connectivity index (χ1n) is 5.49. The molecular weight excluding hydrogens is 302 g/mol. The first-order valence-corrected chi connectivity index (χ1v) is 7.27. The van der Waals surface area contributed by atoms with Gasteiger partial charge in [0.25, 0.3) is 0 Å². The molecule has 1 aliphatic heterocycles. The van der Waals surface area contributed by atoms with Gasteiger partial charge in [-0.15, -0.1) is 0 Å². The number of hydrogen-bond acceptors (Lipinski definition) is 4. The molecule has 2 rings (SSSR count). The van der Waals surface area contributed by atoms with Crippen molar-refractivity contribution in [2.45, 2.75) is 5.03 Å². The second kappa shape index (κ2) is 6.37. The summed E-state index contributed by atoms with van der Waals surface area (Å²) in [6, 6.07) is 3.80. The molecule has 0 unspecified atom stereocenters. The normalized spacial score (nSPS) is 15.9. The van der Waals surface area contributed by atoms with Gasteiger partial charge in [-0.2, -0.15) is 0 Å². The number of pyridine rings is 1. The number of thioether (sulfide) groups is 1. The molecule has 0 aliphatic carbocycles. The highest BCUT2D eigenvalue weighted by molar-refractivity contribution is 9.10. The van der Waals surface area contributed by atoms with E-state index in [0.717, 1.165) is 35.7 Å². The van der Waals surface area contributed by atoms with Gasteiger partial charge in [0, 0.05) is 36.8 Å². The van der Waals surface area contributed by atoms with Gasteiger partial charge in [-0.1, -0.05) is 11.8 Å². The number of aromatic nitrogens is 1. The van der Waals surface area contributed by atoms with Gasteiger partial charge in [0.1, 0.15) is 5.03 Å². The highest BCUT2D eigenvalue weighted by Gasteiger charge is 2.16. The Hall–Kier alpha value is -0.590. The van der Waals surface area contributed by atoms with Crippen molar-refractivity contribution >= 4 is 33.6 Å². The summed E-state index contributed by atoms with van der Waals surface area (Å²) in [5.41, 5.74) is 0. The van der Waals surface area contributed by atoms with Crippen LogP contribution in [0.2, 0.25) is 0 Å². The Bertz CT molecular complexity index is 396. The van der Waals surface area contributed by atoms with Crippen LogP contribution in [0.25, 0.3) is 0 Å². The van der Waals surface area contributed by atoms with Gasteiger partial charge in [0.2, 0.25) is 5.91 Å². The van der Waals surface area contributed by atoms with Gasteiger partial charge < -0.3 is 10.2 Å². The van der Waals surface area contributed by atoms with Crippen LogP contribution in [0.15, 0.2) is 27.8 Å². The number of hydrogen-bond donors (Lipinski definition) is 1. The molecule has 1 aromatic heterocycles. The monoisotopic (exact) mass is 315 g/mol. The van der Waals surface area contributed by atoms with Gasteiger partial charge in [-0.05, 0) is 28.1 Å². The second-order valence-corrected chi connectivity index (χ2v) is 5.53. The van der Waals surface area contributed by atoms with Crippen LogP contribution in [0.4, 0.5) is 0 Å². The third-order valence-electron chi connectivity index (χ3n) is 2.53. The molecule has 92 valence electrons. The Labute approximate surface area is 113 Å². The molecular formula is C11H14BrN3OS. The number of halogens is 1. The van der Waals surface area contributed by atoms with Crippen molar-refractivity contribution in [3.05, 3.63) is 22.8 Å². The minimum Gasteiger partial charge on any atom is -0.339 e. The van der Waals surface area contributed by atoms with E-state index in [9.17, 15) is 4.79 Å². The Kier molecular flexibility index (Phi) is 4.82. The predicted molar refractivity (Wildman–Crippen MR) is 72.1 cm³/mol. The van der Waals surface area contributed by atoms with Crippen LogP contribution in [-0.2, 0) is 4.79 Å². The van der Waals surface area contributed by atoms with Crippen molar-refractivity contribution < 1.29 is 4.79 Å². The first-order chi connectivity index (χ1) is 8.27. The van der Waals surface area contributed by atoms with Gasteiger partial charge in [0.15, 0.2) is 0 Å². The third kappa shape index (κ3) is 3.69. The predicted octanol–water partition coefficient (Wildman–Crippen LogP) is 1.37. The van der Waals surface area contributed by atoms with Crippen molar-refractivity contribution in [1.29, 1.82) is 0 Å². The van der Waals surface area contributed by atoms with E-state index in [1.165, 1.54) is 11.8 Å². The fourth-order valence-electron chi connectivity index (χ4n) is 1.61. The Balaban J connectivity index is 1.85. The van der Waals surface area contributed by atoms with E-state index in [1.807, 2.05) is 17.0 Å². The second-order valence-electron chi connectivity index (χ2n) is 3.71. The molecule has 1 fully saturated rings. The summed E-state index contributed by atoms with van der Waals surface area (Å²) in [5, 5.41) is 4.10. The first kappa shape index (κ1) is 12.9. The zero-order chi connectivity index (χ0) is 12.1. The van der Waals surface area contributed by atoms with Crippen LogP contribution in [0.5, 0.6) is 0 Å². The summed E-state index contributed by atoms with van der Waals surface area (Å²) < 4.78 is 0.943. The van der Waals surface area contributed by atoms with Crippen molar-refractivity contribution in [2.24, 2.45) is 0 Å². The minimum atomic E-state index is 0.189. The lowest BCUT2D eigenvalue weighted by Gasteiger charge is -2.27. The Morgan fingerprint density at radius 3 is 3.00 bits per heavy atom. The molecule has 4 nitrogen and oxygen atoms in total. The van der Waals surface area contributed by atoms with Crippen LogP contribution in [-0.4, -0.2) is 47.7 Å². The maximum absolute atomic E-state index is 11.9. The molecule has 1 aromatic rings. The molecule has 0 saturated carbocycles.